The van der Waals surface area contributed by atoms with Crippen molar-refractivity contribution in [2.45, 2.75) is 70.6 Å². The van der Waals surface area contributed by atoms with Crippen molar-refractivity contribution in [3.8, 4) is 17.1 Å². The van der Waals surface area contributed by atoms with Gasteiger partial charge in [-0.25, -0.2) is 19.3 Å². The van der Waals surface area contributed by atoms with Crippen molar-refractivity contribution in [2.75, 3.05) is 20.2 Å². The van der Waals surface area contributed by atoms with E-state index in [1.54, 1.807) is 9.58 Å². The Morgan fingerprint density at radius 1 is 1.00 bits per heavy atom. The Hall–Kier alpha value is -4.46. The van der Waals surface area contributed by atoms with Crippen LogP contribution >= 0.6 is 0 Å². The van der Waals surface area contributed by atoms with Crippen LogP contribution in [-0.2, 0) is 30.4 Å². The number of amides is 1. The topological polar surface area (TPSA) is 97.5 Å². The highest BCUT2D eigenvalue weighted by Crippen LogP contribution is 2.42. The molecule has 4 aromatic rings. The average molecular weight is 593 g/mol. The molecule has 1 unspecified atom stereocenters. The van der Waals surface area contributed by atoms with Crippen LogP contribution in [0.4, 0.5) is 4.79 Å². The summed E-state index contributed by atoms with van der Waals surface area (Å²) >= 11 is 0. The zero-order valence-corrected chi connectivity index (χ0v) is 25.8. The fourth-order valence-corrected chi connectivity index (χ4v) is 7.27. The quantitative estimate of drug-likeness (QED) is 0.237. The van der Waals surface area contributed by atoms with Gasteiger partial charge in [-0.05, 0) is 96.7 Å². The molecule has 44 heavy (non-hydrogen) atoms. The average Bonchev–Trinajstić information content (AvgIpc) is 3.69. The van der Waals surface area contributed by atoms with Crippen LogP contribution in [0.3, 0.4) is 0 Å². The number of carbonyl (C=O) groups is 2. The number of ether oxygens (including phenoxy) is 1. The number of aromatic nitrogens is 3. The minimum atomic E-state index is -0.976. The first-order chi connectivity index (χ1) is 21.4. The molecule has 2 aromatic heterocycles. The van der Waals surface area contributed by atoms with Crippen LogP contribution < -0.4 is 0 Å². The van der Waals surface area contributed by atoms with Crippen molar-refractivity contribution in [2.24, 2.45) is 0 Å². The van der Waals surface area contributed by atoms with E-state index in [0.29, 0.717) is 29.8 Å². The molecule has 6 rings (SSSR count). The van der Waals surface area contributed by atoms with E-state index in [2.05, 4.69) is 48.4 Å². The molecule has 2 aliphatic rings. The number of aryl methyl sites for hydroxylation is 2. The van der Waals surface area contributed by atoms with Gasteiger partial charge in [0, 0.05) is 18.7 Å². The second-order valence-electron chi connectivity index (χ2n) is 11.9. The van der Waals surface area contributed by atoms with Crippen molar-refractivity contribution >= 4 is 12.1 Å². The third-order valence-corrected chi connectivity index (χ3v) is 9.47. The fourth-order valence-electron chi connectivity index (χ4n) is 7.27. The molecule has 1 aliphatic carbocycles. The Morgan fingerprint density at radius 2 is 1.80 bits per heavy atom. The lowest BCUT2D eigenvalue weighted by Gasteiger charge is -2.32. The van der Waals surface area contributed by atoms with Gasteiger partial charge in [-0.15, -0.1) is 0 Å². The predicted molar refractivity (Wildman–Crippen MR) is 170 cm³/mol. The monoisotopic (exact) mass is 592 g/mol. The number of carbonyl (C=O) groups excluding carboxylic acids is 1. The molecule has 0 spiro atoms. The van der Waals surface area contributed by atoms with E-state index in [-0.39, 0.29) is 11.7 Å². The maximum atomic E-state index is 12.0. The van der Waals surface area contributed by atoms with E-state index in [1.165, 1.54) is 41.1 Å². The van der Waals surface area contributed by atoms with Crippen LogP contribution in [-0.4, -0.2) is 57.0 Å². The van der Waals surface area contributed by atoms with Crippen molar-refractivity contribution in [1.82, 2.24) is 19.7 Å². The first-order valence-corrected chi connectivity index (χ1v) is 15.8. The van der Waals surface area contributed by atoms with Gasteiger partial charge >= 0.3 is 12.1 Å². The molecule has 1 amide bonds. The van der Waals surface area contributed by atoms with Gasteiger partial charge in [0.2, 0.25) is 0 Å². The largest absolute Gasteiger partial charge is 0.478 e. The zero-order valence-electron chi connectivity index (χ0n) is 25.8. The summed E-state index contributed by atoms with van der Waals surface area (Å²) in [5, 5.41) is 14.0. The van der Waals surface area contributed by atoms with E-state index >= 15 is 0 Å². The zero-order chi connectivity index (χ0) is 30.8. The molecule has 2 aromatic carbocycles. The smallest absolute Gasteiger partial charge is 0.409 e. The van der Waals surface area contributed by atoms with Gasteiger partial charge in [0.1, 0.15) is 5.56 Å². The predicted octanol–water partition coefficient (Wildman–Crippen LogP) is 6.98. The van der Waals surface area contributed by atoms with Gasteiger partial charge < -0.3 is 14.7 Å². The van der Waals surface area contributed by atoms with Crippen molar-refractivity contribution in [3.63, 3.8) is 0 Å². The summed E-state index contributed by atoms with van der Waals surface area (Å²) in [5.74, 6) is 0.502. The standard InChI is InChI=1S/C36H40N4O4/c1-4-24-20-23(12-15-28(24)25-16-18-39(19-17-25)36(43)44-3)21-27-14-13-26-8-6-9-29(34(26)27)31-10-7-11-33(38-31)40-32(5-2)30(22-37-40)35(41)42/h6-12,15,20,22,25,27H,4-5,13-14,16-19,21H2,1-3H3,(H,41,42). The van der Waals surface area contributed by atoms with Crippen LogP contribution in [0.15, 0.2) is 60.8 Å². The van der Waals surface area contributed by atoms with E-state index in [9.17, 15) is 14.7 Å². The molecule has 0 radical (unpaired) electrons. The number of hydrogen-bond donors (Lipinski definition) is 1. The molecule has 1 saturated heterocycles. The summed E-state index contributed by atoms with van der Waals surface area (Å²) in [6.45, 7) is 5.64. The number of nitrogens with zero attached hydrogens (tertiary/aromatic N) is 4. The van der Waals surface area contributed by atoms with Gasteiger partial charge in [0.15, 0.2) is 5.82 Å². The van der Waals surface area contributed by atoms with Crippen molar-refractivity contribution in [3.05, 3.63) is 99.9 Å². The third-order valence-electron chi connectivity index (χ3n) is 9.47. The molecule has 0 bridgehead atoms. The van der Waals surface area contributed by atoms with Crippen LogP contribution in [0.1, 0.15) is 88.8 Å². The molecule has 1 N–H and O–H groups in total. The number of piperidine rings is 1. The maximum absolute atomic E-state index is 12.0. The number of likely N-dealkylation sites (tertiary alicyclic amines) is 1. The normalized spacial score (nSPS) is 16.6. The Balaban J connectivity index is 1.26. The number of aromatic carboxylic acids is 1. The number of carboxylic acids is 1. The van der Waals surface area contributed by atoms with Gasteiger partial charge in [-0.3, -0.25) is 0 Å². The number of rotatable bonds is 8. The van der Waals surface area contributed by atoms with Crippen LogP contribution in [0.25, 0.3) is 17.1 Å². The highest BCUT2D eigenvalue weighted by atomic mass is 16.5. The molecule has 8 heteroatoms. The minimum Gasteiger partial charge on any atom is -0.478 e. The van der Waals surface area contributed by atoms with E-state index in [0.717, 1.165) is 62.9 Å². The molecule has 1 aliphatic heterocycles. The Labute approximate surface area is 258 Å². The first kappa shape index (κ1) is 29.6. The number of carboxylic acid groups (broad SMARTS) is 1. The first-order valence-electron chi connectivity index (χ1n) is 15.8. The molecule has 0 saturated carbocycles. The summed E-state index contributed by atoms with van der Waals surface area (Å²) in [5.41, 5.74) is 9.81. The Kier molecular flexibility index (Phi) is 8.51. The minimum absolute atomic E-state index is 0.212. The van der Waals surface area contributed by atoms with E-state index in [1.807, 2.05) is 25.1 Å². The second-order valence-corrected chi connectivity index (χ2v) is 11.9. The number of methoxy groups -OCH3 is 1. The number of fused-ring (bicyclic) bond motifs is 1. The molecular weight excluding hydrogens is 552 g/mol. The number of hydrogen-bond acceptors (Lipinski definition) is 5. The third kappa shape index (κ3) is 5.61. The molecule has 8 nitrogen and oxygen atoms in total. The van der Waals surface area contributed by atoms with Crippen LogP contribution in [0.2, 0.25) is 0 Å². The molecule has 228 valence electrons. The fraction of sp³-hybridized carbons (Fsp3) is 0.389. The van der Waals surface area contributed by atoms with Gasteiger partial charge in [0.25, 0.3) is 0 Å². The highest BCUT2D eigenvalue weighted by molar-refractivity contribution is 5.88. The summed E-state index contributed by atoms with van der Waals surface area (Å²) in [6.07, 6.45) is 7.75. The molecular formula is C36H40N4O4. The SMILES string of the molecule is CCc1cc(CC2CCc3cccc(-c4cccc(-n5ncc(C(=O)O)c5CC)n4)c32)ccc1C1CCN(C(=O)OC)CC1. The van der Waals surface area contributed by atoms with Crippen molar-refractivity contribution < 1.29 is 19.4 Å². The number of benzene rings is 2. The number of pyridine rings is 1. The van der Waals surface area contributed by atoms with Crippen molar-refractivity contribution in [1.29, 1.82) is 0 Å². The molecule has 1 fully saturated rings. The Morgan fingerprint density at radius 3 is 2.52 bits per heavy atom. The van der Waals surface area contributed by atoms with Crippen LogP contribution in [0.5, 0.6) is 0 Å². The summed E-state index contributed by atoms with van der Waals surface area (Å²) in [7, 11) is 1.45. The summed E-state index contributed by atoms with van der Waals surface area (Å²) in [6, 6.07) is 19.5. The Bertz CT molecular complexity index is 1690. The highest BCUT2D eigenvalue weighted by Gasteiger charge is 2.28. The van der Waals surface area contributed by atoms with Gasteiger partial charge in [0.05, 0.1) is 24.7 Å². The second kappa shape index (κ2) is 12.6. The summed E-state index contributed by atoms with van der Waals surface area (Å²) in [4.78, 5) is 30.5. The maximum Gasteiger partial charge on any atom is 0.409 e. The molecule has 3 heterocycles. The van der Waals surface area contributed by atoms with E-state index in [4.69, 9.17) is 9.72 Å². The lowest BCUT2D eigenvalue weighted by atomic mass is 9.83. The van der Waals surface area contributed by atoms with Crippen LogP contribution in [0, 0.1) is 0 Å². The van der Waals surface area contributed by atoms with Gasteiger partial charge in [-0.1, -0.05) is 56.3 Å². The lowest BCUT2D eigenvalue weighted by Crippen LogP contribution is -2.37. The summed E-state index contributed by atoms with van der Waals surface area (Å²) < 4.78 is 6.57. The molecule has 1 atom stereocenters. The lowest BCUT2D eigenvalue weighted by molar-refractivity contribution is 0.0695. The van der Waals surface area contributed by atoms with E-state index < -0.39 is 5.97 Å². The van der Waals surface area contributed by atoms with Gasteiger partial charge in [-0.2, -0.15) is 5.10 Å².